The van der Waals surface area contributed by atoms with Gasteiger partial charge in [0.15, 0.2) is 0 Å². The molecule has 1 aromatic heterocycles. The van der Waals surface area contributed by atoms with Crippen LogP contribution in [0.25, 0.3) is 0 Å². The first kappa shape index (κ1) is 15.5. The summed E-state index contributed by atoms with van der Waals surface area (Å²) in [7, 11) is -1.06. The summed E-state index contributed by atoms with van der Waals surface area (Å²) in [6, 6.07) is 0.375. The fourth-order valence-electron chi connectivity index (χ4n) is 2.53. The summed E-state index contributed by atoms with van der Waals surface area (Å²) in [4.78, 5) is 4.27. The summed E-state index contributed by atoms with van der Waals surface area (Å²) in [6.45, 7) is 3.88. The highest BCUT2D eigenvalue weighted by molar-refractivity contribution is 7.89. The van der Waals surface area contributed by atoms with Crippen LogP contribution in [0, 0.1) is 0 Å². The van der Waals surface area contributed by atoms with E-state index in [1.165, 1.54) is 0 Å². The van der Waals surface area contributed by atoms with Crippen molar-refractivity contribution in [2.24, 2.45) is 7.05 Å². The highest BCUT2D eigenvalue weighted by Gasteiger charge is 2.27. The minimum Gasteiger partial charge on any atom is -0.337 e. The van der Waals surface area contributed by atoms with Crippen molar-refractivity contribution in [3.05, 3.63) is 18.2 Å². The molecule has 0 bridgehead atoms. The van der Waals surface area contributed by atoms with Crippen LogP contribution in [0.4, 0.5) is 0 Å². The van der Waals surface area contributed by atoms with Crippen LogP contribution in [0.2, 0.25) is 0 Å². The third-order valence-electron chi connectivity index (χ3n) is 3.78. The SMILES string of the molecule is CCCS(=O)(=O)N1CCC(NCc2nccn2C)CC1. The quantitative estimate of drug-likeness (QED) is 0.840. The molecule has 1 aliphatic heterocycles. The molecule has 2 rings (SSSR count). The lowest BCUT2D eigenvalue weighted by atomic mass is 10.1. The fourth-order valence-corrected chi connectivity index (χ4v) is 4.07. The van der Waals surface area contributed by atoms with Crippen molar-refractivity contribution in [2.45, 2.75) is 38.8 Å². The van der Waals surface area contributed by atoms with E-state index in [0.29, 0.717) is 25.6 Å². The molecule has 6 nitrogen and oxygen atoms in total. The molecule has 2 heterocycles. The van der Waals surface area contributed by atoms with Crippen LogP contribution in [-0.4, -0.2) is 47.2 Å². The Labute approximate surface area is 121 Å². The number of sulfonamides is 1. The Morgan fingerprint density at radius 3 is 2.65 bits per heavy atom. The molecule has 0 saturated carbocycles. The van der Waals surface area contributed by atoms with Crippen LogP contribution in [0.5, 0.6) is 0 Å². The molecular formula is C13H24N4O2S. The van der Waals surface area contributed by atoms with Crippen molar-refractivity contribution in [2.75, 3.05) is 18.8 Å². The van der Waals surface area contributed by atoms with Gasteiger partial charge in [-0.2, -0.15) is 0 Å². The minimum atomic E-state index is -3.03. The number of nitrogens with zero attached hydrogens (tertiary/aromatic N) is 3. The van der Waals surface area contributed by atoms with E-state index in [2.05, 4.69) is 10.3 Å². The zero-order chi connectivity index (χ0) is 14.6. The number of rotatable bonds is 6. The average molecular weight is 300 g/mol. The standard InChI is InChI=1S/C13H24N4O2S/c1-3-10-20(18,19)17-7-4-12(5-8-17)15-11-13-14-6-9-16(13)2/h6,9,12,15H,3-5,7-8,10-11H2,1-2H3. The number of hydrogen-bond donors (Lipinski definition) is 1. The molecule has 1 saturated heterocycles. The smallest absolute Gasteiger partial charge is 0.214 e. The highest BCUT2D eigenvalue weighted by Crippen LogP contribution is 2.15. The summed E-state index contributed by atoms with van der Waals surface area (Å²) in [6.07, 6.45) is 6.13. The van der Waals surface area contributed by atoms with E-state index in [4.69, 9.17) is 0 Å². The number of nitrogens with one attached hydrogen (secondary N) is 1. The van der Waals surface area contributed by atoms with Gasteiger partial charge in [0.05, 0.1) is 12.3 Å². The molecule has 0 unspecified atom stereocenters. The maximum Gasteiger partial charge on any atom is 0.214 e. The first-order chi connectivity index (χ1) is 9.53. The molecule has 0 amide bonds. The second-order valence-corrected chi connectivity index (χ2v) is 7.41. The molecule has 114 valence electrons. The molecule has 0 atom stereocenters. The Morgan fingerprint density at radius 2 is 2.10 bits per heavy atom. The lowest BCUT2D eigenvalue weighted by molar-refractivity contribution is 0.287. The maximum absolute atomic E-state index is 12.0. The van der Waals surface area contributed by atoms with Crippen LogP contribution in [0.3, 0.4) is 0 Å². The van der Waals surface area contributed by atoms with Gasteiger partial charge in [0.1, 0.15) is 5.82 Å². The molecule has 0 aliphatic carbocycles. The monoisotopic (exact) mass is 300 g/mol. The molecule has 7 heteroatoms. The van der Waals surface area contributed by atoms with Gasteiger partial charge >= 0.3 is 0 Å². The van der Waals surface area contributed by atoms with Crippen molar-refractivity contribution >= 4 is 10.0 Å². The van der Waals surface area contributed by atoms with E-state index in [1.54, 1.807) is 10.5 Å². The van der Waals surface area contributed by atoms with E-state index in [1.807, 2.05) is 24.7 Å². The van der Waals surface area contributed by atoms with Gasteiger partial charge in [0.25, 0.3) is 0 Å². The number of aromatic nitrogens is 2. The van der Waals surface area contributed by atoms with Crippen molar-refractivity contribution in [3.8, 4) is 0 Å². The van der Waals surface area contributed by atoms with Crippen molar-refractivity contribution < 1.29 is 8.42 Å². The lowest BCUT2D eigenvalue weighted by Crippen LogP contribution is -2.45. The zero-order valence-electron chi connectivity index (χ0n) is 12.2. The number of aryl methyl sites for hydroxylation is 1. The van der Waals surface area contributed by atoms with Gasteiger partial charge in [-0.05, 0) is 19.3 Å². The number of imidazole rings is 1. The molecule has 0 radical (unpaired) electrons. The predicted molar refractivity (Wildman–Crippen MR) is 78.7 cm³/mol. The molecule has 20 heavy (non-hydrogen) atoms. The summed E-state index contributed by atoms with van der Waals surface area (Å²) in [5.74, 6) is 1.27. The van der Waals surface area contributed by atoms with Crippen LogP contribution >= 0.6 is 0 Å². The summed E-state index contributed by atoms with van der Waals surface area (Å²) < 4.78 is 27.6. The molecule has 0 spiro atoms. The predicted octanol–water partition coefficient (Wildman–Crippen LogP) is 0.714. The number of piperidine rings is 1. The molecule has 1 aliphatic rings. The Bertz CT molecular complexity index is 518. The van der Waals surface area contributed by atoms with Crippen molar-refractivity contribution in [1.82, 2.24) is 19.2 Å². The molecule has 1 N–H and O–H groups in total. The van der Waals surface area contributed by atoms with Crippen LogP contribution in [0.15, 0.2) is 12.4 Å². The second-order valence-electron chi connectivity index (χ2n) is 5.32. The van der Waals surface area contributed by atoms with Gasteiger partial charge in [0, 0.05) is 38.6 Å². The zero-order valence-corrected chi connectivity index (χ0v) is 13.1. The Kier molecular flexibility index (Phi) is 5.17. The summed E-state index contributed by atoms with van der Waals surface area (Å²) >= 11 is 0. The first-order valence-electron chi connectivity index (χ1n) is 7.20. The van der Waals surface area contributed by atoms with Crippen LogP contribution in [0.1, 0.15) is 32.0 Å². The van der Waals surface area contributed by atoms with Crippen molar-refractivity contribution in [3.63, 3.8) is 0 Å². The van der Waals surface area contributed by atoms with Gasteiger partial charge < -0.3 is 9.88 Å². The Morgan fingerprint density at radius 1 is 1.40 bits per heavy atom. The van der Waals surface area contributed by atoms with E-state index < -0.39 is 10.0 Å². The Hall–Kier alpha value is -0.920. The lowest BCUT2D eigenvalue weighted by Gasteiger charge is -2.31. The van der Waals surface area contributed by atoms with E-state index in [-0.39, 0.29) is 5.75 Å². The Balaban J connectivity index is 1.79. The normalized spacial score (nSPS) is 18.5. The van der Waals surface area contributed by atoms with Crippen molar-refractivity contribution in [1.29, 1.82) is 0 Å². The maximum atomic E-state index is 12.0. The topological polar surface area (TPSA) is 67.2 Å². The van der Waals surface area contributed by atoms with E-state index >= 15 is 0 Å². The third-order valence-corrected chi connectivity index (χ3v) is 5.86. The first-order valence-corrected chi connectivity index (χ1v) is 8.81. The van der Waals surface area contributed by atoms with Crippen LogP contribution < -0.4 is 5.32 Å². The molecule has 1 aromatic rings. The van der Waals surface area contributed by atoms with Gasteiger partial charge in [-0.25, -0.2) is 17.7 Å². The highest BCUT2D eigenvalue weighted by atomic mass is 32.2. The van der Waals surface area contributed by atoms with Gasteiger partial charge in [-0.15, -0.1) is 0 Å². The average Bonchev–Trinajstić information content (AvgIpc) is 2.82. The summed E-state index contributed by atoms with van der Waals surface area (Å²) in [5.41, 5.74) is 0. The molecular weight excluding hydrogens is 276 g/mol. The number of hydrogen-bond acceptors (Lipinski definition) is 4. The van der Waals surface area contributed by atoms with E-state index in [9.17, 15) is 8.42 Å². The van der Waals surface area contributed by atoms with E-state index in [0.717, 1.165) is 25.2 Å². The summed E-state index contributed by atoms with van der Waals surface area (Å²) in [5, 5.41) is 3.46. The minimum absolute atomic E-state index is 0.262. The van der Waals surface area contributed by atoms with Gasteiger partial charge in [-0.3, -0.25) is 0 Å². The molecule has 0 aromatic carbocycles. The molecule has 1 fully saturated rings. The second kappa shape index (κ2) is 6.69. The van der Waals surface area contributed by atoms with Gasteiger partial charge in [0.2, 0.25) is 10.0 Å². The third kappa shape index (κ3) is 3.80. The van der Waals surface area contributed by atoms with Crippen LogP contribution in [-0.2, 0) is 23.6 Å². The fraction of sp³-hybridized carbons (Fsp3) is 0.769. The van der Waals surface area contributed by atoms with Gasteiger partial charge in [-0.1, -0.05) is 6.92 Å². The largest absolute Gasteiger partial charge is 0.337 e.